The van der Waals surface area contributed by atoms with Crippen molar-refractivity contribution in [3.8, 4) is 5.75 Å². The van der Waals surface area contributed by atoms with Crippen molar-refractivity contribution < 1.29 is 19.7 Å². The van der Waals surface area contributed by atoms with Crippen LogP contribution in [0.3, 0.4) is 0 Å². The number of nitrogens with zero attached hydrogens (tertiary/aromatic N) is 4. The van der Waals surface area contributed by atoms with Crippen molar-refractivity contribution >= 4 is 17.0 Å². The van der Waals surface area contributed by atoms with Crippen LogP contribution in [0, 0.1) is 0 Å². The van der Waals surface area contributed by atoms with Crippen LogP contribution in [0.1, 0.15) is 18.2 Å². The Hall–Kier alpha value is -2.75. The van der Waals surface area contributed by atoms with Crippen LogP contribution in [0.25, 0.3) is 11.2 Å². The number of rotatable bonds is 6. The molecule has 1 unspecified atom stereocenters. The van der Waals surface area contributed by atoms with E-state index in [2.05, 4.69) is 20.3 Å². The molecule has 0 aliphatic carbocycles. The summed E-state index contributed by atoms with van der Waals surface area (Å²) in [4.78, 5) is 13.0. The summed E-state index contributed by atoms with van der Waals surface area (Å²) in [6.07, 6.45) is 1.63. The van der Waals surface area contributed by atoms with Gasteiger partial charge in [0, 0.05) is 13.0 Å². The second kappa shape index (κ2) is 7.47. The van der Waals surface area contributed by atoms with E-state index in [4.69, 9.17) is 9.47 Å². The fourth-order valence-electron chi connectivity index (χ4n) is 3.23. The van der Waals surface area contributed by atoms with Crippen molar-refractivity contribution in [2.45, 2.75) is 31.4 Å². The number of methoxy groups -OCH3 is 1. The lowest BCUT2D eigenvalue weighted by molar-refractivity contribution is -0.0486. The minimum atomic E-state index is -0.734. The molecule has 9 heteroatoms. The number of benzene rings is 1. The molecule has 0 saturated carbocycles. The van der Waals surface area contributed by atoms with Crippen molar-refractivity contribution in [3.63, 3.8) is 0 Å². The summed E-state index contributed by atoms with van der Waals surface area (Å²) >= 11 is 0. The summed E-state index contributed by atoms with van der Waals surface area (Å²) in [5.74, 6) is 1.38. The van der Waals surface area contributed by atoms with Crippen molar-refractivity contribution in [1.29, 1.82) is 0 Å². The Labute approximate surface area is 155 Å². The Morgan fingerprint density at radius 2 is 2.22 bits per heavy atom. The zero-order valence-electron chi connectivity index (χ0n) is 14.8. The predicted molar refractivity (Wildman–Crippen MR) is 97.3 cm³/mol. The first kappa shape index (κ1) is 17.7. The minimum absolute atomic E-state index is 0.136. The molecule has 0 spiro atoms. The number of aliphatic hydroxyl groups is 2. The molecule has 1 aliphatic rings. The molecule has 1 aliphatic heterocycles. The van der Waals surface area contributed by atoms with Gasteiger partial charge in [-0.25, -0.2) is 15.0 Å². The zero-order valence-corrected chi connectivity index (χ0v) is 14.8. The quantitative estimate of drug-likeness (QED) is 0.590. The largest absolute Gasteiger partial charge is 0.497 e. The number of anilines is 1. The highest BCUT2D eigenvalue weighted by Crippen LogP contribution is 2.31. The van der Waals surface area contributed by atoms with Gasteiger partial charge in [-0.15, -0.1) is 0 Å². The van der Waals surface area contributed by atoms with Gasteiger partial charge in [-0.05, 0) is 17.7 Å². The van der Waals surface area contributed by atoms with Crippen LogP contribution in [0.2, 0.25) is 0 Å². The number of imidazole rings is 1. The number of nitrogens with one attached hydrogen (secondary N) is 1. The average Bonchev–Trinajstić information content (AvgIpc) is 3.29. The predicted octanol–water partition coefficient (Wildman–Crippen LogP) is 1.09. The van der Waals surface area contributed by atoms with Crippen LogP contribution in [-0.4, -0.2) is 55.7 Å². The van der Waals surface area contributed by atoms with E-state index in [0.717, 1.165) is 11.3 Å². The van der Waals surface area contributed by atoms with Crippen molar-refractivity contribution in [1.82, 2.24) is 19.5 Å². The van der Waals surface area contributed by atoms with Gasteiger partial charge < -0.3 is 25.0 Å². The van der Waals surface area contributed by atoms with Gasteiger partial charge in [-0.2, -0.15) is 0 Å². The van der Waals surface area contributed by atoms with E-state index >= 15 is 0 Å². The minimum Gasteiger partial charge on any atom is -0.497 e. The Kier molecular flexibility index (Phi) is 4.88. The smallest absolute Gasteiger partial charge is 0.167 e. The van der Waals surface area contributed by atoms with Crippen LogP contribution in [-0.2, 0) is 11.3 Å². The van der Waals surface area contributed by atoms with Crippen LogP contribution in [0.5, 0.6) is 5.75 Å². The molecule has 1 saturated heterocycles. The third kappa shape index (κ3) is 3.44. The molecular formula is C18H21N5O4. The topological polar surface area (TPSA) is 115 Å². The van der Waals surface area contributed by atoms with Crippen molar-refractivity contribution in [2.24, 2.45) is 0 Å². The zero-order chi connectivity index (χ0) is 18.8. The summed E-state index contributed by atoms with van der Waals surface area (Å²) < 4.78 is 12.6. The molecule has 9 nitrogen and oxygen atoms in total. The van der Waals surface area contributed by atoms with Crippen LogP contribution >= 0.6 is 0 Å². The molecule has 1 fully saturated rings. The highest BCUT2D eigenvalue weighted by Gasteiger charge is 2.35. The molecule has 0 radical (unpaired) electrons. The molecule has 0 amide bonds. The second-order valence-electron chi connectivity index (χ2n) is 6.39. The fraction of sp³-hybridized carbons (Fsp3) is 0.389. The van der Waals surface area contributed by atoms with Crippen LogP contribution in [0.4, 0.5) is 5.82 Å². The Morgan fingerprint density at radius 3 is 3.00 bits per heavy atom. The third-order valence-electron chi connectivity index (χ3n) is 4.60. The standard InChI is InChI=1S/C18H21N5O4/c1-26-12-4-2-3-11(5-12)7-19-16-15-17(21-9-20-16)23(10-22-15)18-14(25)6-13(8-24)27-18/h2-5,9-10,13-14,18,24-25H,6-8H2,1H3,(H,19,20,21)/t13-,14?,18+/m0/s1. The Morgan fingerprint density at radius 1 is 1.33 bits per heavy atom. The monoisotopic (exact) mass is 371 g/mol. The molecule has 0 bridgehead atoms. The second-order valence-corrected chi connectivity index (χ2v) is 6.39. The molecule has 3 atom stereocenters. The van der Waals surface area contributed by atoms with E-state index < -0.39 is 18.4 Å². The summed E-state index contributed by atoms with van der Waals surface area (Å²) in [5.41, 5.74) is 2.19. The van der Waals surface area contributed by atoms with Crippen molar-refractivity contribution in [2.75, 3.05) is 19.0 Å². The molecule has 3 N–H and O–H groups in total. The van der Waals surface area contributed by atoms with Crippen LogP contribution < -0.4 is 10.1 Å². The molecular weight excluding hydrogens is 350 g/mol. The average molecular weight is 371 g/mol. The van der Waals surface area contributed by atoms with Gasteiger partial charge in [-0.1, -0.05) is 12.1 Å². The fourth-order valence-corrected chi connectivity index (χ4v) is 3.23. The van der Waals surface area contributed by atoms with Gasteiger partial charge in [0.15, 0.2) is 23.2 Å². The first-order valence-electron chi connectivity index (χ1n) is 8.68. The van der Waals surface area contributed by atoms with Gasteiger partial charge in [-0.3, -0.25) is 4.57 Å². The number of aromatic nitrogens is 4. The normalized spacial score (nSPS) is 22.3. The number of hydrogen-bond donors (Lipinski definition) is 3. The molecule has 27 heavy (non-hydrogen) atoms. The molecule has 3 aromatic rings. The summed E-state index contributed by atoms with van der Waals surface area (Å²) in [6, 6.07) is 7.75. The SMILES string of the molecule is COc1cccc(CNc2ncnc3c2ncn3[C@@H]2O[C@H](CO)CC2O)c1. The van der Waals surface area contributed by atoms with E-state index in [1.54, 1.807) is 18.0 Å². The van der Waals surface area contributed by atoms with E-state index in [1.807, 2.05) is 24.3 Å². The molecule has 142 valence electrons. The van der Waals surface area contributed by atoms with Gasteiger partial charge in [0.2, 0.25) is 0 Å². The Bertz CT molecular complexity index is 931. The molecule has 2 aromatic heterocycles. The van der Waals surface area contributed by atoms with Crippen LogP contribution in [0.15, 0.2) is 36.9 Å². The lowest BCUT2D eigenvalue weighted by atomic mass is 10.2. The van der Waals surface area contributed by atoms with Gasteiger partial charge >= 0.3 is 0 Å². The molecule has 4 rings (SSSR count). The number of aliphatic hydroxyl groups excluding tert-OH is 2. The lowest BCUT2D eigenvalue weighted by Crippen LogP contribution is -2.19. The van der Waals surface area contributed by atoms with E-state index in [1.165, 1.54) is 6.33 Å². The maximum Gasteiger partial charge on any atom is 0.167 e. The highest BCUT2D eigenvalue weighted by molar-refractivity contribution is 5.82. The Balaban J connectivity index is 1.57. The third-order valence-corrected chi connectivity index (χ3v) is 4.60. The van der Waals surface area contributed by atoms with Crippen molar-refractivity contribution in [3.05, 3.63) is 42.5 Å². The van der Waals surface area contributed by atoms with Gasteiger partial charge in [0.25, 0.3) is 0 Å². The maximum atomic E-state index is 10.2. The molecule has 1 aromatic carbocycles. The molecule has 3 heterocycles. The maximum absolute atomic E-state index is 10.2. The number of fused-ring (bicyclic) bond motifs is 1. The number of hydrogen-bond acceptors (Lipinski definition) is 8. The summed E-state index contributed by atoms with van der Waals surface area (Å²) in [7, 11) is 1.63. The van der Waals surface area contributed by atoms with E-state index in [-0.39, 0.29) is 6.61 Å². The summed E-state index contributed by atoms with van der Waals surface area (Å²) in [5, 5.41) is 22.8. The van der Waals surface area contributed by atoms with E-state index in [9.17, 15) is 10.2 Å². The highest BCUT2D eigenvalue weighted by atomic mass is 16.5. The van der Waals surface area contributed by atoms with Gasteiger partial charge in [0.05, 0.1) is 26.1 Å². The first-order valence-corrected chi connectivity index (χ1v) is 8.68. The van der Waals surface area contributed by atoms with Gasteiger partial charge in [0.1, 0.15) is 18.2 Å². The summed E-state index contributed by atoms with van der Waals surface area (Å²) in [6.45, 7) is 0.411. The number of ether oxygens (including phenoxy) is 2. The lowest BCUT2D eigenvalue weighted by Gasteiger charge is -2.16. The first-order chi connectivity index (χ1) is 13.2. The van der Waals surface area contributed by atoms with E-state index in [0.29, 0.717) is 29.9 Å².